The highest BCUT2D eigenvalue weighted by molar-refractivity contribution is 6.00. The molecule has 1 amide bonds. The Balaban J connectivity index is 2.25. The molecule has 0 unspecified atom stereocenters. The Morgan fingerprint density at radius 2 is 1.53 bits per heavy atom. The molecule has 0 spiro atoms. The number of benzene rings is 2. The summed E-state index contributed by atoms with van der Waals surface area (Å²) in [6.45, 7) is 7.06. The number of amides is 1. The zero-order valence-corrected chi connectivity index (χ0v) is 17.7. The summed E-state index contributed by atoms with van der Waals surface area (Å²) in [6, 6.07) is 6.07. The highest BCUT2D eigenvalue weighted by Crippen LogP contribution is 2.35. The van der Waals surface area contributed by atoms with Crippen LogP contribution in [0.3, 0.4) is 0 Å². The lowest BCUT2D eigenvalue weighted by Gasteiger charge is -2.17. The van der Waals surface area contributed by atoms with Crippen molar-refractivity contribution in [2.24, 2.45) is 0 Å². The third-order valence-electron chi connectivity index (χ3n) is 4.50. The van der Waals surface area contributed by atoms with Crippen molar-refractivity contribution in [1.29, 1.82) is 0 Å². The highest BCUT2D eigenvalue weighted by atomic mass is 16.6. The van der Waals surface area contributed by atoms with Gasteiger partial charge >= 0.3 is 5.97 Å². The third kappa shape index (κ3) is 4.86. The number of esters is 1. The van der Waals surface area contributed by atoms with Gasteiger partial charge in [0.05, 0.1) is 25.2 Å². The molecule has 1 N–H and O–H groups in total. The third-order valence-corrected chi connectivity index (χ3v) is 4.50. The van der Waals surface area contributed by atoms with Gasteiger partial charge in [0.1, 0.15) is 5.56 Å². The minimum Gasteiger partial charge on any atom is -0.493 e. The Bertz CT molecular complexity index is 978. The van der Waals surface area contributed by atoms with Crippen molar-refractivity contribution >= 4 is 23.3 Å². The van der Waals surface area contributed by atoms with E-state index in [1.165, 1.54) is 21.1 Å². The first kappa shape index (κ1) is 22.7. The molecule has 2 aromatic rings. The minimum atomic E-state index is -1.19. The summed E-state index contributed by atoms with van der Waals surface area (Å²) >= 11 is 0. The number of nitro benzene ring substituents is 1. The predicted octanol–water partition coefficient (Wildman–Crippen LogP) is 3.72. The largest absolute Gasteiger partial charge is 0.493 e. The molecule has 0 aliphatic carbocycles. The molecule has 0 aliphatic heterocycles. The summed E-state index contributed by atoms with van der Waals surface area (Å²) in [5, 5.41) is 14.1. The predicted molar refractivity (Wildman–Crippen MR) is 110 cm³/mol. The molecule has 2 aromatic carbocycles. The van der Waals surface area contributed by atoms with Crippen LogP contribution in [-0.4, -0.2) is 37.1 Å². The van der Waals surface area contributed by atoms with Gasteiger partial charge in [0.2, 0.25) is 0 Å². The van der Waals surface area contributed by atoms with Gasteiger partial charge < -0.3 is 19.5 Å². The molecule has 0 saturated heterocycles. The molecule has 0 bridgehead atoms. The molecule has 0 aromatic heterocycles. The van der Waals surface area contributed by atoms with E-state index in [0.717, 1.165) is 28.8 Å². The van der Waals surface area contributed by atoms with Gasteiger partial charge in [-0.05, 0) is 38.8 Å². The number of hydrogen-bond acceptors (Lipinski definition) is 7. The van der Waals surface area contributed by atoms with Gasteiger partial charge in [0.25, 0.3) is 11.6 Å². The second-order valence-electron chi connectivity index (χ2n) is 6.79. The Kier molecular flexibility index (Phi) is 6.99. The Morgan fingerprint density at radius 1 is 1.00 bits per heavy atom. The maximum atomic E-state index is 12.6. The van der Waals surface area contributed by atoms with Crippen LogP contribution in [0.15, 0.2) is 24.3 Å². The number of nitrogens with one attached hydrogen (secondary N) is 1. The topological polar surface area (TPSA) is 117 Å². The van der Waals surface area contributed by atoms with Crippen LogP contribution >= 0.6 is 0 Å². The second kappa shape index (κ2) is 9.25. The molecule has 30 heavy (non-hydrogen) atoms. The van der Waals surface area contributed by atoms with Crippen LogP contribution in [-0.2, 0) is 9.53 Å². The average molecular weight is 416 g/mol. The highest BCUT2D eigenvalue weighted by Gasteiger charge is 2.28. The van der Waals surface area contributed by atoms with E-state index < -0.39 is 28.6 Å². The van der Waals surface area contributed by atoms with Crippen molar-refractivity contribution in [2.45, 2.75) is 33.8 Å². The number of nitrogens with zero attached hydrogens (tertiary/aromatic N) is 1. The van der Waals surface area contributed by atoms with Crippen molar-refractivity contribution in [1.82, 2.24) is 0 Å². The Labute approximate surface area is 174 Å². The second-order valence-corrected chi connectivity index (χ2v) is 6.79. The van der Waals surface area contributed by atoms with Gasteiger partial charge in [-0.2, -0.15) is 0 Å². The number of rotatable bonds is 7. The number of anilines is 1. The van der Waals surface area contributed by atoms with Crippen molar-refractivity contribution in [3.8, 4) is 11.5 Å². The van der Waals surface area contributed by atoms with Crippen LogP contribution < -0.4 is 14.8 Å². The maximum absolute atomic E-state index is 12.6. The van der Waals surface area contributed by atoms with Gasteiger partial charge in [-0.3, -0.25) is 14.9 Å². The lowest BCUT2D eigenvalue weighted by molar-refractivity contribution is -0.385. The van der Waals surface area contributed by atoms with Gasteiger partial charge in [-0.1, -0.05) is 17.7 Å². The van der Waals surface area contributed by atoms with E-state index >= 15 is 0 Å². The Hall–Kier alpha value is -3.62. The summed E-state index contributed by atoms with van der Waals surface area (Å²) < 4.78 is 15.3. The first-order valence-electron chi connectivity index (χ1n) is 9.09. The van der Waals surface area contributed by atoms with E-state index in [1.807, 2.05) is 32.9 Å². The molecule has 160 valence electrons. The normalized spacial score (nSPS) is 11.4. The van der Waals surface area contributed by atoms with Gasteiger partial charge in [-0.25, -0.2) is 4.79 Å². The number of hydrogen-bond donors (Lipinski definition) is 1. The summed E-state index contributed by atoms with van der Waals surface area (Å²) in [6.07, 6.45) is -1.19. The number of ether oxygens (including phenoxy) is 3. The lowest BCUT2D eigenvalue weighted by Crippen LogP contribution is -2.30. The van der Waals surface area contributed by atoms with E-state index in [9.17, 15) is 19.7 Å². The van der Waals surface area contributed by atoms with E-state index in [0.29, 0.717) is 5.69 Å². The van der Waals surface area contributed by atoms with Gasteiger partial charge in [0.15, 0.2) is 17.6 Å². The monoisotopic (exact) mass is 416 g/mol. The van der Waals surface area contributed by atoms with Crippen LogP contribution in [0.5, 0.6) is 11.5 Å². The van der Waals surface area contributed by atoms with Crippen LogP contribution in [0.1, 0.15) is 34.0 Å². The van der Waals surface area contributed by atoms with E-state index in [-0.39, 0.29) is 17.1 Å². The molecule has 9 nitrogen and oxygen atoms in total. The van der Waals surface area contributed by atoms with Crippen molar-refractivity contribution in [2.75, 3.05) is 19.5 Å². The molecule has 0 heterocycles. The van der Waals surface area contributed by atoms with E-state index in [4.69, 9.17) is 14.2 Å². The zero-order chi connectivity index (χ0) is 22.6. The minimum absolute atomic E-state index is 0.0943. The summed E-state index contributed by atoms with van der Waals surface area (Å²) in [5.41, 5.74) is 2.56. The number of carbonyl (C=O) groups excluding carboxylic acids is 2. The van der Waals surface area contributed by atoms with Crippen molar-refractivity contribution in [3.05, 3.63) is 56.6 Å². The molecule has 0 radical (unpaired) electrons. The summed E-state index contributed by atoms with van der Waals surface area (Å²) in [5.74, 6) is -1.36. The molecular formula is C21H24N2O7. The number of methoxy groups -OCH3 is 2. The SMILES string of the molecule is COc1cc(C(=O)O[C@H](C)C(=O)Nc2c(C)cc(C)cc2C)c([N+](=O)[O-])cc1OC. The van der Waals surface area contributed by atoms with Crippen LogP contribution in [0.2, 0.25) is 0 Å². The van der Waals surface area contributed by atoms with E-state index in [1.54, 1.807) is 0 Å². The fourth-order valence-electron chi connectivity index (χ4n) is 3.06. The standard InChI is InChI=1S/C21H24N2O7/c1-11-7-12(2)19(13(3)8-11)22-20(24)14(4)30-21(25)15-9-17(28-5)18(29-6)10-16(15)23(26)27/h7-10,14H,1-6H3,(H,22,24)/t14-/m1/s1. The van der Waals surface area contributed by atoms with Crippen LogP contribution in [0, 0.1) is 30.9 Å². The quantitative estimate of drug-likeness (QED) is 0.415. The molecule has 0 saturated carbocycles. The van der Waals surface area contributed by atoms with Gasteiger partial charge in [-0.15, -0.1) is 0 Å². The van der Waals surface area contributed by atoms with Gasteiger partial charge in [0, 0.05) is 11.8 Å². The molecule has 0 aliphatic rings. The fraction of sp³-hybridized carbons (Fsp3) is 0.333. The van der Waals surface area contributed by atoms with Crippen LogP contribution in [0.25, 0.3) is 0 Å². The molecule has 1 atom stereocenters. The molecule has 9 heteroatoms. The molecule has 2 rings (SSSR count). The number of aryl methyl sites for hydroxylation is 3. The Morgan fingerprint density at radius 3 is 2.03 bits per heavy atom. The first-order valence-corrected chi connectivity index (χ1v) is 9.09. The van der Waals surface area contributed by atoms with E-state index in [2.05, 4.69) is 5.32 Å². The van der Waals surface area contributed by atoms with Crippen molar-refractivity contribution < 1.29 is 28.7 Å². The average Bonchev–Trinajstić information content (AvgIpc) is 2.68. The maximum Gasteiger partial charge on any atom is 0.346 e. The fourth-order valence-corrected chi connectivity index (χ4v) is 3.06. The molecule has 0 fully saturated rings. The summed E-state index contributed by atoms with van der Waals surface area (Å²) in [7, 11) is 2.65. The van der Waals surface area contributed by atoms with Crippen LogP contribution in [0.4, 0.5) is 11.4 Å². The van der Waals surface area contributed by atoms with Crippen molar-refractivity contribution in [3.63, 3.8) is 0 Å². The number of nitro groups is 1. The number of carbonyl (C=O) groups is 2. The lowest BCUT2D eigenvalue weighted by atomic mass is 10.0. The summed E-state index contributed by atoms with van der Waals surface area (Å²) in [4.78, 5) is 35.8. The smallest absolute Gasteiger partial charge is 0.346 e. The zero-order valence-electron chi connectivity index (χ0n) is 17.7. The first-order chi connectivity index (χ1) is 14.1. The molecular weight excluding hydrogens is 392 g/mol.